The number of hydrogen-bond acceptors (Lipinski definition) is 4. The van der Waals surface area contributed by atoms with Crippen molar-refractivity contribution in [2.24, 2.45) is 52.8 Å². The van der Waals surface area contributed by atoms with Crippen molar-refractivity contribution in [2.75, 3.05) is 6.61 Å². The summed E-state index contributed by atoms with van der Waals surface area (Å²) in [5.74, 6) is 10.6. The minimum atomic E-state index is -0.451. The zero-order chi connectivity index (χ0) is 20.7. The Morgan fingerprint density at radius 2 is 1.97 bits per heavy atom. The highest BCUT2D eigenvalue weighted by molar-refractivity contribution is 5.89. The van der Waals surface area contributed by atoms with E-state index in [9.17, 15) is 9.90 Å². The molecule has 1 heterocycles. The van der Waals surface area contributed by atoms with Crippen LogP contribution >= 0.6 is 0 Å². The molecule has 4 heteroatoms. The highest BCUT2D eigenvalue weighted by Crippen LogP contribution is 2.85. The molecule has 6 saturated carbocycles. The number of rotatable bonds is 1. The molecule has 7 aliphatic rings. The monoisotopic (exact) mass is 410 g/mol. The standard InChI is InChI=1S/C26H34O4/c1-4-29-20(27)7-10-25-19-12-16(19)22-21-15-11-18(15)24(28)13-14(2)5-8-23(24,3)17(21)6-9-26(22,25)30-25/h14-19,21-22,28H,4-6,8-9,11-13H2,1-3H3. The molecule has 12 unspecified atom stereocenters. The molecule has 4 nitrogen and oxygen atoms in total. The number of fused-ring (bicyclic) bond motifs is 10. The molecule has 1 saturated heterocycles. The number of esters is 1. The average Bonchev–Trinajstić information content (AvgIpc) is 3.59. The summed E-state index contributed by atoms with van der Waals surface area (Å²) in [6, 6.07) is 0. The number of hydrogen-bond donors (Lipinski definition) is 1. The van der Waals surface area contributed by atoms with Crippen molar-refractivity contribution >= 4 is 5.97 Å². The third-order valence-electron chi connectivity index (χ3n) is 11.2. The van der Waals surface area contributed by atoms with Crippen LogP contribution in [0.15, 0.2) is 0 Å². The van der Waals surface area contributed by atoms with Gasteiger partial charge in [0, 0.05) is 11.8 Å². The molecular weight excluding hydrogens is 376 g/mol. The maximum atomic E-state index is 12.0. The van der Waals surface area contributed by atoms with Gasteiger partial charge in [-0.1, -0.05) is 19.8 Å². The largest absolute Gasteiger partial charge is 0.456 e. The van der Waals surface area contributed by atoms with Crippen molar-refractivity contribution < 1.29 is 19.4 Å². The minimum absolute atomic E-state index is 0.0601. The number of carbonyl (C=O) groups excluding carboxylic acids is 1. The Labute approximate surface area is 179 Å². The fourth-order valence-electron chi connectivity index (χ4n) is 9.95. The first-order chi connectivity index (χ1) is 14.3. The average molecular weight is 411 g/mol. The van der Waals surface area contributed by atoms with Crippen molar-refractivity contribution in [3.8, 4) is 11.8 Å². The zero-order valence-electron chi connectivity index (χ0n) is 18.4. The molecule has 162 valence electrons. The Hall–Kier alpha value is -1.05. The number of ether oxygens (including phenoxy) is 2. The van der Waals surface area contributed by atoms with Crippen LogP contribution in [0.25, 0.3) is 0 Å². The van der Waals surface area contributed by atoms with E-state index in [1.807, 2.05) is 6.92 Å². The van der Waals surface area contributed by atoms with E-state index in [1.54, 1.807) is 0 Å². The molecule has 7 fully saturated rings. The normalized spacial score (nSPS) is 62.8. The lowest BCUT2D eigenvalue weighted by molar-refractivity contribution is -0.215. The summed E-state index contributed by atoms with van der Waals surface area (Å²) < 4.78 is 11.7. The SMILES string of the molecule is CCOC(=O)C#CC12OC13CCC1C(C4CC4C4(O)CC(C)CCC14C)C3C1CC12. The van der Waals surface area contributed by atoms with Crippen LogP contribution < -0.4 is 0 Å². The Morgan fingerprint density at radius 1 is 1.17 bits per heavy atom. The Kier molecular flexibility index (Phi) is 3.26. The van der Waals surface area contributed by atoms with Gasteiger partial charge in [0.05, 0.1) is 12.2 Å². The van der Waals surface area contributed by atoms with Crippen LogP contribution in [0.4, 0.5) is 0 Å². The van der Waals surface area contributed by atoms with E-state index in [0.29, 0.717) is 48.0 Å². The van der Waals surface area contributed by atoms with E-state index >= 15 is 0 Å². The van der Waals surface area contributed by atoms with Crippen molar-refractivity contribution in [3.05, 3.63) is 0 Å². The molecule has 0 aromatic carbocycles. The van der Waals surface area contributed by atoms with Crippen molar-refractivity contribution in [1.82, 2.24) is 0 Å². The highest BCUT2D eigenvalue weighted by atomic mass is 16.6. The Balaban J connectivity index is 1.24. The molecule has 0 amide bonds. The smallest absolute Gasteiger partial charge is 0.384 e. The van der Waals surface area contributed by atoms with Crippen molar-refractivity contribution in [3.63, 3.8) is 0 Å². The van der Waals surface area contributed by atoms with E-state index in [0.717, 1.165) is 25.2 Å². The minimum Gasteiger partial charge on any atom is -0.456 e. The number of epoxide rings is 1. The molecule has 0 bridgehead atoms. The second kappa shape index (κ2) is 5.29. The lowest BCUT2D eigenvalue weighted by Gasteiger charge is -2.62. The third-order valence-corrected chi connectivity index (χ3v) is 11.2. The molecule has 7 rings (SSSR count). The number of carbonyl (C=O) groups is 1. The summed E-state index contributed by atoms with van der Waals surface area (Å²) in [7, 11) is 0. The van der Waals surface area contributed by atoms with Gasteiger partial charge in [-0.05, 0) is 98.7 Å². The summed E-state index contributed by atoms with van der Waals surface area (Å²) in [6.45, 7) is 6.95. The second-order valence-corrected chi connectivity index (χ2v) is 12.1. The molecule has 6 aliphatic carbocycles. The van der Waals surface area contributed by atoms with Gasteiger partial charge in [0.25, 0.3) is 0 Å². The molecule has 0 radical (unpaired) electrons. The van der Waals surface area contributed by atoms with Crippen LogP contribution in [0, 0.1) is 64.6 Å². The van der Waals surface area contributed by atoms with Gasteiger partial charge in [-0.25, -0.2) is 4.79 Å². The first-order valence-corrected chi connectivity index (χ1v) is 12.4. The fraction of sp³-hybridized carbons (Fsp3) is 0.885. The van der Waals surface area contributed by atoms with Crippen LogP contribution in [0.1, 0.15) is 65.7 Å². The predicted octanol–water partition coefficient (Wildman–Crippen LogP) is 3.56. The van der Waals surface area contributed by atoms with E-state index in [1.165, 1.54) is 25.7 Å². The topological polar surface area (TPSA) is 59.1 Å². The van der Waals surface area contributed by atoms with E-state index < -0.39 is 11.6 Å². The highest BCUT2D eigenvalue weighted by Gasteiger charge is 2.91. The van der Waals surface area contributed by atoms with Gasteiger partial charge in [0.2, 0.25) is 0 Å². The van der Waals surface area contributed by atoms with Crippen molar-refractivity contribution in [2.45, 2.75) is 82.5 Å². The quantitative estimate of drug-likeness (QED) is 0.311. The first-order valence-electron chi connectivity index (χ1n) is 12.4. The van der Waals surface area contributed by atoms with Crippen LogP contribution in [0.2, 0.25) is 0 Å². The summed E-state index contributed by atoms with van der Waals surface area (Å²) >= 11 is 0. The molecule has 0 aromatic heterocycles. The summed E-state index contributed by atoms with van der Waals surface area (Å²) in [4.78, 5) is 11.9. The van der Waals surface area contributed by atoms with Crippen LogP contribution in [-0.4, -0.2) is 34.5 Å². The van der Waals surface area contributed by atoms with Gasteiger partial charge in [-0.3, -0.25) is 0 Å². The predicted molar refractivity (Wildman–Crippen MR) is 110 cm³/mol. The third kappa shape index (κ3) is 1.85. The summed E-state index contributed by atoms with van der Waals surface area (Å²) in [5, 5.41) is 12.0. The Bertz CT molecular complexity index is 902. The molecule has 30 heavy (non-hydrogen) atoms. The Morgan fingerprint density at radius 3 is 2.77 bits per heavy atom. The van der Waals surface area contributed by atoms with Crippen LogP contribution in [0.5, 0.6) is 0 Å². The lowest BCUT2D eigenvalue weighted by atomic mass is 9.44. The van der Waals surface area contributed by atoms with E-state index in [2.05, 4.69) is 25.7 Å². The van der Waals surface area contributed by atoms with Gasteiger partial charge in [-0.15, -0.1) is 0 Å². The maximum absolute atomic E-state index is 12.0. The fourth-order valence-corrected chi connectivity index (χ4v) is 9.95. The molecule has 1 N–H and O–H groups in total. The van der Waals surface area contributed by atoms with Gasteiger partial charge in [0.15, 0.2) is 5.60 Å². The molecule has 1 aliphatic heterocycles. The zero-order valence-corrected chi connectivity index (χ0v) is 18.4. The van der Waals surface area contributed by atoms with E-state index in [-0.39, 0.29) is 16.6 Å². The summed E-state index contributed by atoms with van der Waals surface area (Å²) in [6.07, 6.45) is 8.07. The van der Waals surface area contributed by atoms with Gasteiger partial charge in [0.1, 0.15) is 5.60 Å². The molecule has 0 aromatic rings. The first kappa shape index (κ1) is 18.5. The number of aliphatic hydroxyl groups is 1. The van der Waals surface area contributed by atoms with E-state index in [4.69, 9.17) is 9.47 Å². The van der Waals surface area contributed by atoms with Crippen LogP contribution in [-0.2, 0) is 14.3 Å². The maximum Gasteiger partial charge on any atom is 0.384 e. The second-order valence-electron chi connectivity index (χ2n) is 12.1. The van der Waals surface area contributed by atoms with Crippen molar-refractivity contribution in [1.29, 1.82) is 0 Å². The van der Waals surface area contributed by atoms with Gasteiger partial charge >= 0.3 is 5.97 Å². The van der Waals surface area contributed by atoms with Gasteiger partial charge in [-0.2, -0.15) is 0 Å². The molecular formula is C26H34O4. The molecule has 1 spiro atoms. The molecule has 12 atom stereocenters. The lowest BCUT2D eigenvalue weighted by Crippen LogP contribution is -2.63. The summed E-state index contributed by atoms with van der Waals surface area (Å²) in [5.41, 5.74) is -0.874. The van der Waals surface area contributed by atoms with Gasteiger partial charge < -0.3 is 14.6 Å². The van der Waals surface area contributed by atoms with Crippen LogP contribution in [0.3, 0.4) is 0 Å².